The van der Waals surface area contributed by atoms with Crippen molar-refractivity contribution in [2.75, 3.05) is 13.1 Å². The molecular formula is C22H27N5O2. The molecule has 1 aromatic carbocycles. The monoisotopic (exact) mass is 393 g/mol. The number of carbonyl (C=O) groups is 1. The van der Waals surface area contributed by atoms with Gasteiger partial charge in [0, 0.05) is 32.5 Å². The molecule has 0 radical (unpaired) electrons. The minimum Gasteiger partial charge on any atom is -0.468 e. The lowest BCUT2D eigenvalue weighted by molar-refractivity contribution is -0.121. The highest BCUT2D eigenvalue weighted by Crippen LogP contribution is 2.17. The summed E-state index contributed by atoms with van der Waals surface area (Å²) < 4.78 is 7.63. The van der Waals surface area contributed by atoms with E-state index in [2.05, 4.69) is 25.0 Å². The summed E-state index contributed by atoms with van der Waals surface area (Å²) in [6.45, 7) is 5.39. The lowest BCUT2D eigenvalue weighted by atomic mass is 10.1. The van der Waals surface area contributed by atoms with Gasteiger partial charge in [-0.05, 0) is 31.0 Å². The van der Waals surface area contributed by atoms with Crippen LogP contribution in [0, 0.1) is 0 Å². The Morgan fingerprint density at radius 1 is 1.14 bits per heavy atom. The normalized spacial score (nSPS) is 15.5. The molecule has 152 valence electrons. The van der Waals surface area contributed by atoms with Crippen molar-refractivity contribution in [2.24, 2.45) is 0 Å². The molecule has 0 fully saturated rings. The molecule has 1 unspecified atom stereocenters. The van der Waals surface area contributed by atoms with Crippen molar-refractivity contribution in [2.45, 2.75) is 45.3 Å². The van der Waals surface area contributed by atoms with E-state index in [-0.39, 0.29) is 11.9 Å². The number of carbonyl (C=O) groups excluding carboxylic acids is 1. The van der Waals surface area contributed by atoms with Crippen molar-refractivity contribution in [1.29, 1.82) is 0 Å². The predicted molar refractivity (Wildman–Crippen MR) is 109 cm³/mol. The van der Waals surface area contributed by atoms with Crippen molar-refractivity contribution in [3.8, 4) is 0 Å². The van der Waals surface area contributed by atoms with Crippen LogP contribution in [0.5, 0.6) is 0 Å². The first-order chi connectivity index (χ1) is 14.2. The van der Waals surface area contributed by atoms with Gasteiger partial charge in [-0.2, -0.15) is 0 Å². The van der Waals surface area contributed by atoms with Crippen LogP contribution in [0.25, 0.3) is 0 Å². The minimum atomic E-state index is -0.170. The highest BCUT2D eigenvalue weighted by atomic mass is 16.3. The topological polar surface area (TPSA) is 76.2 Å². The molecule has 1 aliphatic heterocycles. The highest BCUT2D eigenvalue weighted by molar-refractivity contribution is 5.76. The molecule has 29 heavy (non-hydrogen) atoms. The van der Waals surface area contributed by atoms with E-state index < -0.39 is 0 Å². The number of benzene rings is 1. The summed E-state index contributed by atoms with van der Waals surface area (Å²) in [4.78, 5) is 14.8. The Balaban J connectivity index is 1.33. The Morgan fingerprint density at radius 2 is 2.00 bits per heavy atom. The van der Waals surface area contributed by atoms with Gasteiger partial charge in [0.15, 0.2) is 5.82 Å². The Bertz CT molecular complexity index is 920. The van der Waals surface area contributed by atoms with Crippen LogP contribution in [-0.4, -0.2) is 38.7 Å². The average Bonchev–Trinajstić information content (AvgIpc) is 3.34. The summed E-state index contributed by atoms with van der Waals surface area (Å²) >= 11 is 0. The maximum atomic E-state index is 12.4. The molecule has 0 spiro atoms. The van der Waals surface area contributed by atoms with E-state index in [4.69, 9.17) is 4.42 Å². The maximum Gasteiger partial charge on any atom is 0.220 e. The van der Waals surface area contributed by atoms with E-state index in [1.807, 2.05) is 49.4 Å². The maximum absolute atomic E-state index is 12.4. The second-order valence-corrected chi connectivity index (χ2v) is 7.51. The summed E-state index contributed by atoms with van der Waals surface area (Å²) in [5, 5.41) is 11.8. The summed E-state index contributed by atoms with van der Waals surface area (Å²) in [5.74, 6) is 2.81. The Kier molecular flexibility index (Phi) is 6.05. The largest absolute Gasteiger partial charge is 0.468 e. The summed E-state index contributed by atoms with van der Waals surface area (Å²) in [6.07, 6.45) is 3.75. The van der Waals surface area contributed by atoms with Crippen LogP contribution < -0.4 is 5.32 Å². The van der Waals surface area contributed by atoms with Gasteiger partial charge in [0.2, 0.25) is 5.91 Å². The second kappa shape index (κ2) is 9.05. The van der Waals surface area contributed by atoms with Crippen LogP contribution in [0.2, 0.25) is 0 Å². The predicted octanol–water partition coefficient (Wildman–Crippen LogP) is 2.74. The summed E-state index contributed by atoms with van der Waals surface area (Å²) in [5.41, 5.74) is 1.17. The molecule has 3 aromatic rings. The Labute approximate surface area is 170 Å². The van der Waals surface area contributed by atoms with E-state index in [0.717, 1.165) is 56.4 Å². The fraction of sp³-hybridized carbons (Fsp3) is 0.409. The zero-order chi connectivity index (χ0) is 20.1. The number of nitrogens with one attached hydrogen (secondary N) is 1. The zero-order valence-corrected chi connectivity index (χ0v) is 16.8. The standard InChI is InChI=1S/C22H27N5O2/c1-17(23-21(28)10-9-18-6-3-2-4-7-18)22-25-24-20-11-12-26(13-14-27(20)22)16-19-8-5-15-29-19/h2-8,15,17H,9-14,16H2,1H3,(H,23,28). The van der Waals surface area contributed by atoms with Gasteiger partial charge in [-0.3, -0.25) is 9.69 Å². The second-order valence-electron chi connectivity index (χ2n) is 7.51. The molecule has 3 heterocycles. The number of nitrogens with zero attached hydrogens (tertiary/aromatic N) is 4. The molecule has 1 amide bonds. The number of aromatic nitrogens is 3. The van der Waals surface area contributed by atoms with Crippen molar-refractivity contribution < 1.29 is 9.21 Å². The fourth-order valence-corrected chi connectivity index (χ4v) is 3.77. The number of rotatable bonds is 7. The van der Waals surface area contributed by atoms with E-state index in [1.165, 1.54) is 5.56 Å². The van der Waals surface area contributed by atoms with Crippen LogP contribution in [0.3, 0.4) is 0 Å². The van der Waals surface area contributed by atoms with Crippen molar-refractivity contribution in [3.05, 3.63) is 71.7 Å². The lowest BCUT2D eigenvalue weighted by Crippen LogP contribution is -2.30. The van der Waals surface area contributed by atoms with E-state index in [1.54, 1.807) is 6.26 Å². The fourth-order valence-electron chi connectivity index (χ4n) is 3.77. The smallest absolute Gasteiger partial charge is 0.220 e. The minimum absolute atomic E-state index is 0.0340. The molecule has 4 rings (SSSR count). The van der Waals surface area contributed by atoms with Crippen LogP contribution >= 0.6 is 0 Å². The SMILES string of the molecule is CC(NC(=O)CCc1ccccc1)c1nnc2n1CCN(Cc1ccco1)CC2. The average molecular weight is 393 g/mol. The van der Waals surface area contributed by atoms with Crippen LogP contribution in [0.15, 0.2) is 53.1 Å². The number of hydrogen-bond acceptors (Lipinski definition) is 5. The van der Waals surface area contributed by atoms with Crippen molar-refractivity contribution >= 4 is 5.91 Å². The van der Waals surface area contributed by atoms with Crippen molar-refractivity contribution in [1.82, 2.24) is 25.0 Å². The van der Waals surface area contributed by atoms with Crippen LogP contribution in [-0.2, 0) is 30.7 Å². The number of aryl methyl sites for hydroxylation is 1. The summed E-state index contributed by atoms with van der Waals surface area (Å²) in [7, 11) is 0. The van der Waals surface area contributed by atoms with Gasteiger partial charge < -0.3 is 14.3 Å². The number of furan rings is 1. The third-order valence-electron chi connectivity index (χ3n) is 5.36. The molecule has 0 saturated carbocycles. The molecule has 0 bridgehead atoms. The molecule has 1 atom stereocenters. The van der Waals surface area contributed by atoms with E-state index in [9.17, 15) is 4.79 Å². The first kappa shape index (κ1) is 19.4. The molecular weight excluding hydrogens is 366 g/mol. The van der Waals surface area contributed by atoms with Gasteiger partial charge in [0.1, 0.15) is 11.6 Å². The molecule has 0 aliphatic carbocycles. The van der Waals surface area contributed by atoms with Crippen molar-refractivity contribution in [3.63, 3.8) is 0 Å². The van der Waals surface area contributed by atoms with Gasteiger partial charge in [0.25, 0.3) is 0 Å². The molecule has 1 aliphatic rings. The zero-order valence-electron chi connectivity index (χ0n) is 16.8. The Hall–Kier alpha value is -2.93. The van der Waals surface area contributed by atoms with Gasteiger partial charge in [-0.1, -0.05) is 30.3 Å². The van der Waals surface area contributed by atoms with Gasteiger partial charge in [-0.15, -0.1) is 10.2 Å². The van der Waals surface area contributed by atoms with Crippen LogP contribution in [0.1, 0.15) is 42.4 Å². The summed E-state index contributed by atoms with van der Waals surface area (Å²) in [6, 6.07) is 13.8. The van der Waals surface area contributed by atoms with Gasteiger partial charge >= 0.3 is 0 Å². The molecule has 7 nitrogen and oxygen atoms in total. The van der Waals surface area contributed by atoms with E-state index >= 15 is 0 Å². The molecule has 0 saturated heterocycles. The Morgan fingerprint density at radius 3 is 2.79 bits per heavy atom. The third-order valence-corrected chi connectivity index (χ3v) is 5.36. The molecule has 7 heteroatoms. The number of fused-ring (bicyclic) bond motifs is 1. The molecule has 2 aromatic heterocycles. The van der Waals surface area contributed by atoms with Gasteiger partial charge in [0.05, 0.1) is 18.8 Å². The third kappa shape index (κ3) is 4.92. The quantitative estimate of drug-likeness (QED) is 0.668. The highest BCUT2D eigenvalue weighted by Gasteiger charge is 2.23. The van der Waals surface area contributed by atoms with E-state index in [0.29, 0.717) is 6.42 Å². The first-order valence-corrected chi connectivity index (χ1v) is 10.2. The lowest BCUT2D eigenvalue weighted by Gasteiger charge is -2.19. The number of hydrogen-bond donors (Lipinski definition) is 1. The number of amides is 1. The molecule has 1 N–H and O–H groups in total. The first-order valence-electron chi connectivity index (χ1n) is 10.2. The van der Waals surface area contributed by atoms with Crippen LogP contribution in [0.4, 0.5) is 0 Å². The van der Waals surface area contributed by atoms with Gasteiger partial charge in [-0.25, -0.2) is 0 Å².